The van der Waals surface area contributed by atoms with E-state index in [1.54, 1.807) is 45.2 Å². The number of para-hydroxylation sites is 1. The third-order valence-electron chi connectivity index (χ3n) is 6.72. The van der Waals surface area contributed by atoms with E-state index in [2.05, 4.69) is 25.7 Å². The van der Waals surface area contributed by atoms with Crippen LogP contribution in [0.15, 0.2) is 47.7 Å². The first-order valence-electron chi connectivity index (χ1n) is 13.6. The van der Waals surface area contributed by atoms with E-state index in [-0.39, 0.29) is 12.2 Å². The zero-order valence-corrected chi connectivity index (χ0v) is 23.2. The molecule has 41 heavy (non-hydrogen) atoms. The molecule has 1 aliphatic heterocycles. The molecule has 1 fully saturated rings. The number of anilines is 2. The van der Waals surface area contributed by atoms with Crippen LogP contribution in [0.3, 0.4) is 0 Å². The number of rotatable bonds is 6. The topological polar surface area (TPSA) is 158 Å². The molecule has 0 bridgehead atoms. The number of nitrogens with one attached hydrogen (secondary N) is 2. The van der Waals surface area contributed by atoms with E-state index in [0.717, 1.165) is 36.0 Å². The number of aromatic nitrogens is 2. The summed E-state index contributed by atoms with van der Waals surface area (Å²) in [6.45, 7) is 4.76. The predicted molar refractivity (Wildman–Crippen MR) is 154 cm³/mol. The van der Waals surface area contributed by atoms with Crippen molar-refractivity contribution in [3.8, 4) is 5.75 Å². The lowest BCUT2D eigenvalue weighted by Crippen LogP contribution is -2.54. The number of amides is 2. The normalized spacial score (nSPS) is 18.6. The van der Waals surface area contributed by atoms with Gasteiger partial charge in [-0.15, -0.1) is 0 Å². The van der Waals surface area contributed by atoms with E-state index >= 15 is 0 Å². The lowest BCUT2D eigenvalue weighted by molar-refractivity contribution is -0.126. The van der Waals surface area contributed by atoms with Gasteiger partial charge < -0.3 is 30.2 Å². The number of carbonyl (C=O) groups excluding carboxylic acids is 2. The second kappa shape index (κ2) is 11.7. The molecule has 0 saturated heterocycles. The highest BCUT2D eigenvalue weighted by molar-refractivity contribution is 6.67. The van der Waals surface area contributed by atoms with Gasteiger partial charge in [0.2, 0.25) is 5.95 Å². The van der Waals surface area contributed by atoms with Crippen LogP contribution in [0.4, 0.5) is 16.4 Å². The van der Waals surface area contributed by atoms with E-state index < -0.39 is 31.2 Å². The summed E-state index contributed by atoms with van der Waals surface area (Å²) in [5.74, 6) is 0.378. The summed E-state index contributed by atoms with van der Waals surface area (Å²) < 4.78 is 11.4. The summed E-state index contributed by atoms with van der Waals surface area (Å²) in [5.41, 5.74) is 1.63. The van der Waals surface area contributed by atoms with Crippen molar-refractivity contribution < 1.29 is 29.2 Å². The Morgan fingerprint density at radius 2 is 1.93 bits per heavy atom. The molecule has 2 aromatic carbocycles. The standard InChI is InChI=1S/C28H33BN6O6/c1-28(2,3)41-27(38)31-16-24(37)35-29(39)22-13-19(8-7-17(22)15-32-35)33-26-30-14-18-5-4-6-23(25(18)34-26)40-21-11-9-20(36)10-12-21/h4-8,13-15,20-21,36,39H,9-12,16H2,1-3H3,(H,31,38)(H,30,33,34)/t20-,21+. The second-order valence-corrected chi connectivity index (χ2v) is 11.1. The first-order chi connectivity index (χ1) is 19.6. The first-order valence-corrected chi connectivity index (χ1v) is 13.6. The third-order valence-corrected chi connectivity index (χ3v) is 6.72. The van der Waals surface area contributed by atoms with Crippen LogP contribution < -0.4 is 20.8 Å². The van der Waals surface area contributed by atoms with E-state index in [9.17, 15) is 19.7 Å². The monoisotopic (exact) mass is 560 g/mol. The average Bonchev–Trinajstić information content (AvgIpc) is 2.93. The van der Waals surface area contributed by atoms with Crippen LogP contribution in [0.5, 0.6) is 5.75 Å². The van der Waals surface area contributed by atoms with Gasteiger partial charge in [-0.3, -0.25) is 4.79 Å². The van der Waals surface area contributed by atoms with Crippen molar-refractivity contribution in [3.05, 3.63) is 48.2 Å². The molecule has 13 heteroatoms. The number of nitrogens with zero attached hydrogens (tertiary/aromatic N) is 4. The minimum absolute atomic E-state index is 0.0177. The van der Waals surface area contributed by atoms with Crippen molar-refractivity contribution in [2.75, 3.05) is 11.9 Å². The molecule has 1 saturated carbocycles. The van der Waals surface area contributed by atoms with Crippen molar-refractivity contribution in [3.63, 3.8) is 0 Å². The smallest absolute Gasteiger partial charge is 0.474 e. The van der Waals surface area contributed by atoms with Crippen molar-refractivity contribution in [2.24, 2.45) is 5.10 Å². The number of hydrogen-bond donors (Lipinski definition) is 4. The van der Waals surface area contributed by atoms with E-state index in [1.165, 1.54) is 6.21 Å². The molecule has 2 aliphatic rings. The number of aliphatic hydroxyl groups is 1. The summed E-state index contributed by atoms with van der Waals surface area (Å²) in [6.07, 6.45) is 5.19. The molecule has 1 aromatic heterocycles. The molecule has 2 heterocycles. The molecule has 2 amide bonds. The van der Waals surface area contributed by atoms with Crippen LogP contribution >= 0.6 is 0 Å². The van der Waals surface area contributed by atoms with E-state index in [1.807, 2.05) is 18.2 Å². The number of aliphatic hydroxyl groups excluding tert-OH is 1. The minimum atomic E-state index is -1.36. The molecule has 0 atom stereocenters. The van der Waals surface area contributed by atoms with Gasteiger partial charge in [0.25, 0.3) is 5.91 Å². The van der Waals surface area contributed by atoms with Gasteiger partial charge in [0.15, 0.2) is 0 Å². The molecular formula is C28H33BN6O6. The Hall–Kier alpha value is -4.23. The zero-order valence-electron chi connectivity index (χ0n) is 23.2. The predicted octanol–water partition coefficient (Wildman–Crippen LogP) is 2.44. The van der Waals surface area contributed by atoms with Gasteiger partial charge in [-0.05, 0) is 75.7 Å². The second-order valence-electron chi connectivity index (χ2n) is 11.1. The van der Waals surface area contributed by atoms with E-state index in [0.29, 0.717) is 33.9 Å². The Kier molecular flexibility index (Phi) is 8.09. The van der Waals surface area contributed by atoms with Crippen LogP contribution in [0.25, 0.3) is 10.9 Å². The fourth-order valence-electron chi connectivity index (χ4n) is 4.71. The SMILES string of the molecule is CC(C)(C)OC(=O)NCC(=O)N1N=Cc2ccc(Nc3ncc4cccc(O[C@H]5CC[C@@H](O)CC5)c4n3)cc2B1O. The van der Waals surface area contributed by atoms with Crippen LogP contribution in [0, 0.1) is 0 Å². The van der Waals surface area contributed by atoms with Gasteiger partial charge in [0, 0.05) is 17.3 Å². The Morgan fingerprint density at radius 3 is 2.68 bits per heavy atom. The molecule has 214 valence electrons. The Bertz CT molecular complexity index is 1470. The number of alkyl carbamates (subject to hydrolysis) is 1. The molecule has 0 spiro atoms. The summed E-state index contributed by atoms with van der Waals surface area (Å²) >= 11 is 0. The first kappa shape index (κ1) is 28.3. The van der Waals surface area contributed by atoms with Gasteiger partial charge in [0.05, 0.1) is 18.4 Å². The number of fused-ring (bicyclic) bond motifs is 2. The molecule has 12 nitrogen and oxygen atoms in total. The summed E-state index contributed by atoms with van der Waals surface area (Å²) in [6, 6.07) is 10.9. The Morgan fingerprint density at radius 1 is 1.15 bits per heavy atom. The lowest BCUT2D eigenvalue weighted by atomic mass is 9.69. The maximum atomic E-state index is 12.7. The fraction of sp³-hybridized carbons (Fsp3) is 0.393. The number of hydrazone groups is 1. The van der Waals surface area contributed by atoms with Gasteiger partial charge in [-0.2, -0.15) is 5.10 Å². The van der Waals surface area contributed by atoms with Gasteiger partial charge in [-0.25, -0.2) is 19.7 Å². The highest BCUT2D eigenvalue weighted by atomic mass is 16.6. The molecule has 4 N–H and O–H groups in total. The number of hydrogen-bond acceptors (Lipinski definition) is 10. The molecule has 0 unspecified atom stereocenters. The molecule has 1 aliphatic carbocycles. The van der Waals surface area contributed by atoms with Gasteiger partial charge in [-0.1, -0.05) is 18.2 Å². The zero-order chi connectivity index (χ0) is 29.1. The molecule has 5 rings (SSSR count). The van der Waals surface area contributed by atoms with Crippen LogP contribution in [-0.4, -0.2) is 74.6 Å². The number of ether oxygens (including phenoxy) is 2. The highest BCUT2D eigenvalue weighted by Crippen LogP contribution is 2.29. The number of carbonyl (C=O) groups is 2. The highest BCUT2D eigenvalue weighted by Gasteiger charge is 2.34. The van der Waals surface area contributed by atoms with Crippen molar-refractivity contribution in [1.29, 1.82) is 0 Å². The quantitative estimate of drug-likeness (QED) is 0.332. The van der Waals surface area contributed by atoms with E-state index in [4.69, 9.17) is 9.47 Å². The Labute approximate surface area is 237 Å². The maximum Gasteiger partial charge on any atom is 0.474 e. The third kappa shape index (κ3) is 6.92. The summed E-state index contributed by atoms with van der Waals surface area (Å²) in [7, 11) is -1.36. The van der Waals surface area contributed by atoms with Gasteiger partial charge in [0.1, 0.15) is 23.4 Å². The summed E-state index contributed by atoms with van der Waals surface area (Å²) in [4.78, 5) is 34.6. The van der Waals surface area contributed by atoms with Crippen molar-refractivity contribution >= 4 is 53.3 Å². The molecular weight excluding hydrogens is 527 g/mol. The Balaban J connectivity index is 1.29. The fourth-order valence-corrected chi connectivity index (χ4v) is 4.71. The largest absolute Gasteiger partial charge is 0.488 e. The lowest BCUT2D eigenvalue weighted by Gasteiger charge is -2.26. The molecule has 3 aromatic rings. The van der Waals surface area contributed by atoms with Crippen molar-refractivity contribution in [1.82, 2.24) is 20.2 Å². The summed E-state index contributed by atoms with van der Waals surface area (Å²) in [5, 5.41) is 31.2. The minimum Gasteiger partial charge on any atom is -0.488 e. The van der Waals surface area contributed by atoms with Crippen molar-refractivity contribution in [2.45, 2.75) is 64.3 Å². The maximum absolute atomic E-state index is 12.7. The van der Waals surface area contributed by atoms with Crippen LogP contribution in [0.2, 0.25) is 0 Å². The van der Waals surface area contributed by atoms with Gasteiger partial charge >= 0.3 is 13.1 Å². The van der Waals surface area contributed by atoms with Crippen LogP contribution in [-0.2, 0) is 9.53 Å². The average molecular weight is 560 g/mol. The number of benzene rings is 2. The molecule has 0 radical (unpaired) electrons. The van der Waals surface area contributed by atoms with Crippen LogP contribution in [0.1, 0.15) is 52.0 Å².